The third-order valence-corrected chi connectivity index (χ3v) is 5.46. The largest absolute Gasteiger partial charge is 0.321 e. The Kier molecular flexibility index (Phi) is 4.47. The van der Waals surface area contributed by atoms with E-state index in [0.717, 1.165) is 22.3 Å². The lowest BCUT2D eigenvalue weighted by Gasteiger charge is -2.32. The van der Waals surface area contributed by atoms with Crippen LogP contribution in [-0.2, 0) is 0 Å². The van der Waals surface area contributed by atoms with Gasteiger partial charge in [-0.1, -0.05) is 65.7 Å². The number of carbonyl (C=O) groups is 1. The van der Waals surface area contributed by atoms with Crippen LogP contribution >= 0.6 is 23.2 Å². The average molecular weight is 382 g/mol. The zero-order valence-electron chi connectivity index (χ0n) is 14.2. The Balaban J connectivity index is 1.82. The molecule has 1 aliphatic rings. The second kappa shape index (κ2) is 6.79. The van der Waals surface area contributed by atoms with Gasteiger partial charge in [-0.2, -0.15) is 0 Å². The normalized spacial score (nSPS) is 17.3. The summed E-state index contributed by atoms with van der Waals surface area (Å²) in [6.07, 6.45) is 0. The summed E-state index contributed by atoms with van der Waals surface area (Å²) in [6, 6.07) is 23.0. The van der Waals surface area contributed by atoms with Crippen molar-refractivity contribution >= 4 is 29.1 Å². The minimum absolute atomic E-state index is 0.0444. The van der Waals surface area contributed by atoms with Crippen molar-refractivity contribution in [2.45, 2.75) is 19.0 Å². The lowest BCUT2D eigenvalue weighted by Crippen LogP contribution is -2.31. The van der Waals surface area contributed by atoms with Crippen molar-refractivity contribution in [1.29, 1.82) is 0 Å². The predicted octanol–water partition coefficient (Wildman–Crippen LogP) is 6.30. The van der Waals surface area contributed by atoms with Crippen LogP contribution in [0, 0.1) is 0 Å². The Morgan fingerprint density at radius 2 is 1.42 bits per heavy atom. The number of amides is 1. The molecule has 4 rings (SSSR count). The first kappa shape index (κ1) is 17.1. The quantitative estimate of drug-likeness (QED) is 0.521. The number of carbonyl (C=O) groups excluding carboxylic acids is 1. The number of nitrogens with zero attached hydrogens (tertiary/aromatic N) is 1. The zero-order valence-corrected chi connectivity index (χ0v) is 15.7. The Morgan fingerprint density at radius 3 is 2.08 bits per heavy atom. The van der Waals surface area contributed by atoms with Gasteiger partial charge in [-0.15, -0.1) is 0 Å². The van der Waals surface area contributed by atoms with Gasteiger partial charge in [0.2, 0.25) is 0 Å². The highest BCUT2D eigenvalue weighted by atomic mass is 35.5. The van der Waals surface area contributed by atoms with E-state index in [1.807, 2.05) is 77.7 Å². The van der Waals surface area contributed by atoms with Crippen LogP contribution < -0.4 is 0 Å². The molecule has 0 N–H and O–H groups in total. The Labute approximate surface area is 163 Å². The van der Waals surface area contributed by atoms with Gasteiger partial charge in [0.1, 0.15) is 0 Å². The van der Waals surface area contributed by atoms with E-state index in [4.69, 9.17) is 23.2 Å². The Morgan fingerprint density at radius 1 is 0.846 bits per heavy atom. The molecule has 0 fully saturated rings. The fraction of sp³-hybridized carbons (Fsp3) is 0.136. The van der Waals surface area contributed by atoms with E-state index in [9.17, 15) is 4.79 Å². The highest BCUT2D eigenvalue weighted by molar-refractivity contribution is 6.30. The topological polar surface area (TPSA) is 20.3 Å². The molecule has 4 heteroatoms. The van der Waals surface area contributed by atoms with Gasteiger partial charge in [-0.05, 0) is 53.9 Å². The Hall–Kier alpha value is -2.29. The summed E-state index contributed by atoms with van der Waals surface area (Å²) in [6.45, 7) is 2.05. The van der Waals surface area contributed by atoms with Crippen LogP contribution in [-0.4, -0.2) is 10.8 Å². The van der Waals surface area contributed by atoms with E-state index >= 15 is 0 Å². The monoisotopic (exact) mass is 381 g/mol. The maximum absolute atomic E-state index is 13.2. The van der Waals surface area contributed by atoms with Crippen LogP contribution in [0.5, 0.6) is 0 Å². The molecule has 0 aromatic heterocycles. The molecule has 0 saturated carbocycles. The van der Waals surface area contributed by atoms with Crippen molar-refractivity contribution in [3.05, 3.63) is 105 Å². The van der Waals surface area contributed by atoms with Crippen molar-refractivity contribution in [3.8, 4) is 0 Å². The maximum Gasteiger partial charge on any atom is 0.255 e. The smallest absolute Gasteiger partial charge is 0.255 e. The van der Waals surface area contributed by atoms with Crippen molar-refractivity contribution in [2.24, 2.45) is 0 Å². The number of fused-ring (bicyclic) bond motifs is 1. The van der Waals surface area contributed by atoms with Gasteiger partial charge in [0.25, 0.3) is 5.91 Å². The van der Waals surface area contributed by atoms with Crippen molar-refractivity contribution in [3.63, 3.8) is 0 Å². The second-order valence-electron chi connectivity index (χ2n) is 6.48. The van der Waals surface area contributed by atoms with Crippen LogP contribution in [0.3, 0.4) is 0 Å². The predicted molar refractivity (Wildman–Crippen MR) is 106 cm³/mol. The van der Waals surface area contributed by atoms with Crippen molar-refractivity contribution in [2.75, 3.05) is 0 Å². The SMILES string of the molecule is C[C@@H](c1ccc(Cl)cc1)N1C(=O)c2ccccc2C1c1ccc(Cl)cc1. The van der Waals surface area contributed by atoms with E-state index in [1.54, 1.807) is 0 Å². The van der Waals surface area contributed by atoms with Gasteiger partial charge in [0, 0.05) is 15.6 Å². The van der Waals surface area contributed by atoms with Gasteiger partial charge >= 0.3 is 0 Å². The lowest BCUT2D eigenvalue weighted by molar-refractivity contribution is 0.0676. The molecule has 0 radical (unpaired) electrons. The zero-order chi connectivity index (χ0) is 18.3. The molecule has 1 heterocycles. The molecule has 26 heavy (non-hydrogen) atoms. The molecular weight excluding hydrogens is 365 g/mol. The highest BCUT2D eigenvalue weighted by Gasteiger charge is 2.40. The summed E-state index contributed by atoms with van der Waals surface area (Å²) in [5.74, 6) is 0.0444. The molecule has 2 atom stereocenters. The summed E-state index contributed by atoms with van der Waals surface area (Å²) >= 11 is 12.1. The average Bonchev–Trinajstić information content (AvgIpc) is 2.95. The van der Waals surface area contributed by atoms with Gasteiger partial charge in [-0.25, -0.2) is 0 Å². The van der Waals surface area contributed by atoms with Crippen LogP contribution in [0.1, 0.15) is 46.1 Å². The molecule has 0 bridgehead atoms. The van der Waals surface area contributed by atoms with E-state index in [1.165, 1.54) is 0 Å². The third-order valence-electron chi connectivity index (χ3n) is 4.95. The number of rotatable bonds is 3. The first-order valence-corrected chi connectivity index (χ1v) is 9.24. The molecule has 0 aliphatic carbocycles. The van der Waals surface area contributed by atoms with E-state index in [0.29, 0.717) is 10.0 Å². The molecule has 2 nitrogen and oxygen atoms in total. The lowest BCUT2D eigenvalue weighted by atomic mass is 9.96. The van der Waals surface area contributed by atoms with Crippen LogP contribution in [0.25, 0.3) is 0 Å². The molecule has 0 saturated heterocycles. The van der Waals surface area contributed by atoms with E-state index in [2.05, 4.69) is 6.92 Å². The molecule has 3 aromatic carbocycles. The molecule has 1 amide bonds. The van der Waals surface area contributed by atoms with Gasteiger partial charge < -0.3 is 4.90 Å². The molecular formula is C22H17Cl2NO. The van der Waals surface area contributed by atoms with E-state index < -0.39 is 0 Å². The second-order valence-corrected chi connectivity index (χ2v) is 7.35. The fourth-order valence-corrected chi connectivity index (χ4v) is 3.87. The highest BCUT2D eigenvalue weighted by Crippen LogP contribution is 2.43. The molecule has 1 unspecified atom stereocenters. The number of halogens is 2. The molecule has 130 valence electrons. The van der Waals surface area contributed by atoms with Crippen molar-refractivity contribution < 1.29 is 4.79 Å². The summed E-state index contributed by atoms with van der Waals surface area (Å²) < 4.78 is 0. The summed E-state index contributed by atoms with van der Waals surface area (Å²) in [4.78, 5) is 15.1. The third kappa shape index (κ3) is 2.90. The first-order valence-electron chi connectivity index (χ1n) is 8.49. The first-order chi connectivity index (χ1) is 12.6. The van der Waals surface area contributed by atoms with Crippen LogP contribution in [0.15, 0.2) is 72.8 Å². The van der Waals surface area contributed by atoms with Gasteiger partial charge in [0.15, 0.2) is 0 Å². The van der Waals surface area contributed by atoms with Gasteiger partial charge in [-0.3, -0.25) is 4.79 Å². The standard InChI is InChI=1S/C22H17Cl2NO/c1-14(15-6-10-17(23)11-7-15)25-21(16-8-12-18(24)13-9-16)19-4-2-3-5-20(19)22(25)26/h2-14,21H,1H3/t14-,21?/m0/s1. The number of benzene rings is 3. The minimum atomic E-state index is -0.137. The molecule has 0 spiro atoms. The summed E-state index contributed by atoms with van der Waals surface area (Å²) in [5, 5.41) is 1.37. The molecule has 1 aliphatic heterocycles. The van der Waals surface area contributed by atoms with Crippen LogP contribution in [0.4, 0.5) is 0 Å². The number of hydrogen-bond acceptors (Lipinski definition) is 1. The van der Waals surface area contributed by atoms with E-state index in [-0.39, 0.29) is 18.0 Å². The maximum atomic E-state index is 13.2. The minimum Gasteiger partial charge on any atom is -0.321 e. The fourth-order valence-electron chi connectivity index (χ4n) is 3.62. The van der Waals surface area contributed by atoms with Crippen LogP contribution in [0.2, 0.25) is 10.0 Å². The summed E-state index contributed by atoms with van der Waals surface area (Å²) in [7, 11) is 0. The Bertz CT molecular complexity index is 951. The summed E-state index contributed by atoms with van der Waals surface area (Å²) in [5.41, 5.74) is 3.89. The number of hydrogen-bond donors (Lipinski definition) is 0. The van der Waals surface area contributed by atoms with Crippen molar-refractivity contribution in [1.82, 2.24) is 4.90 Å². The van der Waals surface area contributed by atoms with Gasteiger partial charge in [0.05, 0.1) is 12.1 Å². The molecule has 3 aromatic rings.